The van der Waals surface area contributed by atoms with Gasteiger partial charge in [0.15, 0.2) is 0 Å². The van der Waals surface area contributed by atoms with Crippen LogP contribution < -0.4 is 24.8 Å². The van der Waals surface area contributed by atoms with E-state index in [1.807, 2.05) is 11.1 Å². The van der Waals surface area contributed by atoms with Crippen LogP contribution in [0.15, 0.2) is 132 Å². The molecule has 11 rings (SSSR count). The normalized spacial score (nSPS) is 21.0. The van der Waals surface area contributed by atoms with Crippen LogP contribution in [0.4, 0.5) is 0 Å². The first kappa shape index (κ1) is 37.2. The second-order valence-electron chi connectivity index (χ2n) is 17.2. The van der Waals surface area contributed by atoms with Crippen molar-refractivity contribution in [3.8, 4) is 22.3 Å². The Morgan fingerprint density at radius 1 is 0.382 bits per heavy atom. The third-order valence-electron chi connectivity index (χ3n) is 14.5. The Hall–Kier alpha value is -3.39. The summed E-state index contributed by atoms with van der Waals surface area (Å²) in [5.41, 5.74) is 16.0. The molecule has 5 aliphatic rings. The molecule has 0 spiro atoms. The van der Waals surface area contributed by atoms with E-state index in [1.54, 1.807) is 22.3 Å². The Kier molecular flexibility index (Phi) is 10.3. The van der Waals surface area contributed by atoms with Gasteiger partial charge in [-0.15, -0.1) is 0 Å². The van der Waals surface area contributed by atoms with Crippen molar-refractivity contribution in [1.82, 2.24) is 0 Å². The van der Waals surface area contributed by atoms with Crippen LogP contribution in [-0.2, 0) is 16.6 Å². The number of fused-ring (bicyclic) bond motifs is 4. The van der Waals surface area contributed by atoms with Crippen molar-refractivity contribution >= 4 is 33.7 Å². The molecule has 0 amide bonds. The molecule has 4 aliphatic carbocycles. The van der Waals surface area contributed by atoms with E-state index in [1.165, 1.54) is 117 Å². The molecule has 0 radical (unpaired) electrons. The second kappa shape index (κ2) is 15.2. The number of benzene rings is 6. The molecule has 55 heavy (non-hydrogen) atoms. The summed E-state index contributed by atoms with van der Waals surface area (Å²) in [6.07, 6.45) is 19.6. The summed E-state index contributed by atoms with van der Waals surface area (Å²) < 4.78 is 4.37. The van der Waals surface area contributed by atoms with E-state index in [9.17, 15) is 0 Å². The van der Waals surface area contributed by atoms with Crippen LogP contribution in [0, 0.1) is 11.8 Å². The predicted molar refractivity (Wildman–Crippen MR) is 223 cm³/mol. The molecule has 2 atom stereocenters. The van der Waals surface area contributed by atoms with E-state index in [0.29, 0.717) is 8.45 Å². The summed E-state index contributed by atoms with van der Waals surface area (Å²) >= 11 is -2.61. The van der Waals surface area contributed by atoms with Gasteiger partial charge < -0.3 is 24.8 Å². The van der Waals surface area contributed by atoms with Gasteiger partial charge in [0.25, 0.3) is 0 Å². The van der Waals surface area contributed by atoms with Gasteiger partial charge in [-0.05, 0) is 0 Å². The Bertz CT molecular complexity index is 2280. The van der Waals surface area contributed by atoms with Crippen molar-refractivity contribution in [2.75, 3.05) is 0 Å². The first-order valence-electron chi connectivity index (χ1n) is 20.9. The van der Waals surface area contributed by atoms with Gasteiger partial charge in [0.1, 0.15) is 0 Å². The Morgan fingerprint density at radius 2 is 0.764 bits per heavy atom. The zero-order chi connectivity index (χ0) is 34.9. The molecule has 0 nitrogen and oxygen atoms in total. The van der Waals surface area contributed by atoms with E-state index in [0.717, 1.165) is 11.8 Å². The fourth-order valence-corrected chi connectivity index (χ4v) is 22.4. The molecule has 0 bridgehead atoms. The van der Waals surface area contributed by atoms with Crippen molar-refractivity contribution < 1.29 is 41.4 Å². The van der Waals surface area contributed by atoms with Crippen molar-refractivity contribution in [3.63, 3.8) is 0 Å². The van der Waals surface area contributed by atoms with Crippen LogP contribution in [-0.4, -0.2) is 0 Å². The predicted octanol–water partition coefficient (Wildman–Crippen LogP) is 9.08. The molecule has 6 aromatic rings. The Morgan fingerprint density at radius 3 is 1.20 bits per heavy atom. The number of allylic oxidation sites excluding steroid dienone is 2. The van der Waals surface area contributed by atoms with Gasteiger partial charge in [0.2, 0.25) is 0 Å². The zero-order valence-electron chi connectivity index (χ0n) is 31.8. The fourth-order valence-electron chi connectivity index (χ4n) is 12.0. The van der Waals surface area contributed by atoms with Crippen molar-refractivity contribution in [1.29, 1.82) is 0 Å². The van der Waals surface area contributed by atoms with E-state index < -0.39 is 16.6 Å². The standard InChI is InChI=1S/2C25H23.C2H4.2ClH.Ti/c2*1-2-8-18(9-3-1)21-16-20-12-7-15-24(25(20)17-21)23-14-6-11-19-10-4-5-13-22(19)23;1-2;;;/h2*4-7,10-18H,1-3,8-9H2;1-2H2;2*1H;/q;;;;;+2/p-2. The molecule has 6 aromatic carbocycles. The molecule has 2 unspecified atom stereocenters. The van der Waals surface area contributed by atoms with Gasteiger partial charge in [-0.1, -0.05) is 0 Å². The summed E-state index contributed by atoms with van der Waals surface area (Å²) in [4.78, 5) is 0. The average Bonchev–Trinajstić information content (AvgIpc) is 3.75. The summed E-state index contributed by atoms with van der Waals surface area (Å²) in [5.74, 6) is 1.49. The minimum Gasteiger partial charge on any atom is -1.00 e. The minimum absolute atomic E-state index is 0. The van der Waals surface area contributed by atoms with Gasteiger partial charge in [0.05, 0.1) is 0 Å². The summed E-state index contributed by atoms with van der Waals surface area (Å²) in [7, 11) is 0. The monoisotopic (exact) mass is 792 g/mol. The molecule has 276 valence electrons. The third-order valence-corrected chi connectivity index (χ3v) is 22.7. The van der Waals surface area contributed by atoms with Crippen LogP contribution in [0.25, 0.3) is 56.0 Å². The van der Waals surface area contributed by atoms with Gasteiger partial charge in [-0.25, -0.2) is 0 Å². The van der Waals surface area contributed by atoms with Crippen molar-refractivity contribution in [2.24, 2.45) is 11.8 Å². The molecule has 1 aliphatic heterocycles. The van der Waals surface area contributed by atoms with Crippen molar-refractivity contribution in [2.45, 2.75) is 82.1 Å². The number of halogens is 2. The molecule has 1 heterocycles. The topological polar surface area (TPSA) is 0 Å². The summed E-state index contributed by atoms with van der Waals surface area (Å²) in [6.45, 7) is 0. The van der Waals surface area contributed by atoms with Gasteiger partial charge >= 0.3 is 321 Å². The first-order valence-corrected chi connectivity index (χ1v) is 24.9. The smallest absolute Gasteiger partial charge is 1.00 e. The van der Waals surface area contributed by atoms with Gasteiger partial charge in [0, 0.05) is 0 Å². The molecular formula is C52H50Cl2Ti. The quantitative estimate of drug-likeness (QED) is 0.148. The van der Waals surface area contributed by atoms with Crippen LogP contribution in [0.3, 0.4) is 0 Å². The molecule has 0 aromatic heterocycles. The van der Waals surface area contributed by atoms with E-state index in [4.69, 9.17) is 0 Å². The summed E-state index contributed by atoms with van der Waals surface area (Å²) in [6, 6.07) is 46.9. The molecule has 3 heteroatoms. The van der Waals surface area contributed by atoms with Crippen LogP contribution in [0.2, 0.25) is 9.45 Å². The maximum Gasteiger partial charge on any atom is -1.00 e. The van der Waals surface area contributed by atoms with Crippen molar-refractivity contribution in [3.05, 3.63) is 155 Å². The van der Waals surface area contributed by atoms with Crippen LogP contribution in [0.5, 0.6) is 0 Å². The Balaban J connectivity index is 0.00000198. The average molecular weight is 794 g/mol. The summed E-state index contributed by atoms with van der Waals surface area (Å²) in [5, 5.41) is 5.46. The second-order valence-corrected chi connectivity index (χ2v) is 24.4. The van der Waals surface area contributed by atoms with E-state index in [-0.39, 0.29) is 24.8 Å². The molecule has 3 fully saturated rings. The van der Waals surface area contributed by atoms with E-state index in [2.05, 4.69) is 133 Å². The number of hydrogen-bond donors (Lipinski definition) is 0. The maximum absolute atomic E-state index is 2.80. The maximum atomic E-state index is 2.80. The fraction of sp³-hybridized carbons (Fsp3) is 0.308. The zero-order valence-corrected chi connectivity index (χ0v) is 34.8. The number of hydrogen-bond acceptors (Lipinski definition) is 0. The SMILES string of the molecule is C1=C(C2CCCCC2)[CH]([Ti+2]2([CH]3C(C4CCCCC4)=Cc4c(-c5cccc6ccccc56)cccc43)[CH2][CH2]2)c2cccc(-c3cccc4ccccc34)c21.[Cl-].[Cl-]. The number of rotatable bonds is 6. The third kappa shape index (κ3) is 6.14. The van der Waals surface area contributed by atoms with Crippen LogP contribution >= 0.6 is 0 Å². The van der Waals surface area contributed by atoms with Gasteiger partial charge in [-0.3, -0.25) is 0 Å². The molecule has 0 N–H and O–H groups in total. The molecule has 2 saturated carbocycles. The first-order chi connectivity index (χ1) is 26.3. The van der Waals surface area contributed by atoms with Gasteiger partial charge in [-0.2, -0.15) is 0 Å². The van der Waals surface area contributed by atoms with E-state index >= 15 is 0 Å². The van der Waals surface area contributed by atoms with Crippen LogP contribution in [0.1, 0.15) is 94.9 Å². The minimum atomic E-state index is -2.61. The molecular weight excluding hydrogens is 743 g/mol. The largest absolute Gasteiger partial charge is 1.00 e. The Labute approximate surface area is 343 Å². The molecule has 1 saturated heterocycles.